The zero-order valence-electron chi connectivity index (χ0n) is 19.7. The van der Waals surface area contributed by atoms with Crippen LogP contribution in [0.5, 0.6) is 5.75 Å². The van der Waals surface area contributed by atoms with Gasteiger partial charge >= 0.3 is 12.1 Å². The number of benzene rings is 2. The number of hydrogen-bond donors (Lipinski definition) is 3. The molecule has 0 unspecified atom stereocenters. The molecule has 2 heterocycles. The van der Waals surface area contributed by atoms with E-state index in [0.717, 1.165) is 12.1 Å². The van der Waals surface area contributed by atoms with Gasteiger partial charge in [0.15, 0.2) is 5.65 Å². The molecule has 1 atom stereocenters. The molecule has 0 radical (unpaired) electrons. The number of aromatic amines is 2. The molecule has 0 saturated heterocycles. The molecule has 38 heavy (non-hydrogen) atoms. The number of fused-ring (bicyclic) bond motifs is 1. The summed E-state index contributed by atoms with van der Waals surface area (Å²) < 4.78 is 49.3. The Morgan fingerprint density at radius 3 is 2.55 bits per heavy atom. The van der Waals surface area contributed by atoms with Crippen molar-refractivity contribution >= 4 is 34.5 Å². The van der Waals surface area contributed by atoms with Crippen molar-refractivity contribution in [2.24, 2.45) is 0 Å². The third kappa shape index (κ3) is 8.06. The number of nitrogens with one attached hydrogen (secondary N) is 3. The average Bonchev–Trinajstić information content (AvgIpc) is 3.36. The van der Waals surface area contributed by atoms with E-state index in [1.807, 2.05) is 0 Å². The second-order valence-electron chi connectivity index (χ2n) is 7.59. The van der Waals surface area contributed by atoms with Gasteiger partial charge < -0.3 is 19.8 Å². The van der Waals surface area contributed by atoms with E-state index < -0.39 is 23.8 Å². The summed E-state index contributed by atoms with van der Waals surface area (Å²) in [5.74, 6) is -1.25. The topological polar surface area (TPSA) is 139 Å². The molecule has 4 rings (SSSR count). The van der Waals surface area contributed by atoms with E-state index in [1.54, 1.807) is 0 Å². The van der Waals surface area contributed by atoms with Gasteiger partial charge in [0.2, 0.25) is 12.0 Å². The van der Waals surface area contributed by atoms with Gasteiger partial charge in [-0.3, -0.25) is 14.7 Å². The van der Waals surface area contributed by atoms with Crippen LogP contribution in [0.25, 0.3) is 11.0 Å². The summed E-state index contributed by atoms with van der Waals surface area (Å²) in [6, 6.07) is 10.2. The van der Waals surface area contributed by atoms with Gasteiger partial charge in [-0.2, -0.15) is 18.3 Å². The average molecular weight is 552 g/mol. The minimum atomic E-state index is -4.55. The van der Waals surface area contributed by atoms with Crippen molar-refractivity contribution in [2.75, 3.05) is 13.2 Å². The molecule has 2 aromatic heterocycles. The SMILES string of the molecule is CC(=O)NCCOC(=O)[C@H](Oc1cccc(C(F)(F)F)c1)c1ccc(Cl)cc1.O=c1[nH]cnc2[nH]ncc12. The Balaban J connectivity index is 0.000000329. The first-order chi connectivity index (χ1) is 18.0. The second kappa shape index (κ2) is 12.7. The van der Waals surface area contributed by atoms with E-state index in [2.05, 4.69) is 25.5 Å². The van der Waals surface area contributed by atoms with Crippen LogP contribution in [0.3, 0.4) is 0 Å². The molecule has 1 amide bonds. The number of esters is 1. The Kier molecular flexibility index (Phi) is 9.44. The lowest BCUT2D eigenvalue weighted by Crippen LogP contribution is -2.28. The molecule has 0 aliphatic carbocycles. The van der Waals surface area contributed by atoms with Gasteiger partial charge in [-0.25, -0.2) is 9.78 Å². The molecule has 14 heteroatoms. The largest absolute Gasteiger partial charge is 0.474 e. The molecule has 0 fully saturated rings. The van der Waals surface area contributed by atoms with Gasteiger partial charge in [-0.05, 0) is 30.3 Å². The molecule has 0 spiro atoms. The molecule has 0 aliphatic heterocycles. The molecule has 0 bridgehead atoms. The van der Waals surface area contributed by atoms with Crippen molar-refractivity contribution < 1.29 is 32.2 Å². The molecule has 0 aliphatic rings. The summed E-state index contributed by atoms with van der Waals surface area (Å²) in [4.78, 5) is 40.4. The fourth-order valence-corrected chi connectivity index (χ4v) is 3.13. The maximum atomic E-state index is 12.9. The Labute approximate surface area is 218 Å². The predicted octanol–water partition coefficient (Wildman–Crippen LogP) is 3.80. The summed E-state index contributed by atoms with van der Waals surface area (Å²) in [5, 5.41) is 9.60. The molecule has 2 aromatic carbocycles. The third-order valence-corrected chi connectivity index (χ3v) is 5.03. The predicted molar refractivity (Wildman–Crippen MR) is 130 cm³/mol. The standard InChI is InChI=1S/C19H17ClF3NO4.C5H4N4O/c1-12(25)24-9-10-27-18(26)17(13-5-7-15(20)8-6-13)28-16-4-2-3-14(11-16)19(21,22)23;10-5-3-1-8-9-4(3)6-2-7-5/h2-8,11,17H,9-10H2,1H3,(H,24,25);1-2H,(H2,6,7,8,9,10)/t17-;/m1./s1. The Morgan fingerprint density at radius 1 is 1.16 bits per heavy atom. The maximum Gasteiger partial charge on any atom is 0.416 e. The number of nitrogens with zero attached hydrogens (tertiary/aromatic N) is 2. The number of rotatable bonds is 7. The van der Waals surface area contributed by atoms with Gasteiger partial charge in [0, 0.05) is 17.5 Å². The Bertz CT molecular complexity index is 1440. The molecule has 0 saturated carbocycles. The Morgan fingerprint density at radius 2 is 1.89 bits per heavy atom. The van der Waals surface area contributed by atoms with Crippen LogP contribution in [-0.2, 0) is 20.5 Å². The lowest BCUT2D eigenvalue weighted by molar-refractivity contribution is -0.152. The van der Waals surface area contributed by atoms with Crippen LogP contribution < -0.4 is 15.6 Å². The smallest absolute Gasteiger partial charge is 0.416 e. The van der Waals surface area contributed by atoms with E-state index in [9.17, 15) is 27.6 Å². The van der Waals surface area contributed by atoms with Gasteiger partial charge in [-0.15, -0.1) is 0 Å². The first-order valence-electron chi connectivity index (χ1n) is 10.9. The van der Waals surface area contributed by atoms with Gasteiger partial charge in [0.05, 0.1) is 24.6 Å². The summed E-state index contributed by atoms with van der Waals surface area (Å²) in [6.45, 7) is 1.29. The number of ether oxygens (including phenoxy) is 2. The quantitative estimate of drug-likeness (QED) is 0.234. The fraction of sp³-hybridized carbons (Fsp3) is 0.208. The van der Waals surface area contributed by atoms with Crippen molar-refractivity contribution in [1.82, 2.24) is 25.5 Å². The summed E-state index contributed by atoms with van der Waals surface area (Å²) in [5.41, 5.74) is -0.201. The summed E-state index contributed by atoms with van der Waals surface area (Å²) in [6.07, 6.45) is -3.07. The lowest BCUT2D eigenvalue weighted by atomic mass is 10.1. The van der Waals surface area contributed by atoms with Crippen molar-refractivity contribution in [1.29, 1.82) is 0 Å². The van der Waals surface area contributed by atoms with Crippen molar-refractivity contribution in [3.8, 4) is 5.75 Å². The Hall–Kier alpha value is -4.39. The van der Waals surface area contributed by atoms with E-state index in [0.29, 0.717) is 21.6 Å². The van der Waals surface area contributed by atoms with Gasteiger partial charge in [0.25, 0.3) is 5.56 Å². The molecule has 4 aromatic rings. The van der Waals surface area contributed by atoms with Crippen LogP contribution in [0.15, 0.2) is 65.8 Å². The van der Waals surface area contributed by atoms with Crippen molar-refractivity contribution in [3.63, 3.8) is 0 Å². The first-order valence-corrected chi connectivity index (χ1v) is 11.3. The zero-order valence-corrected chi connectivity index (χ0v) is 20.5. The number of carbonyl (C=O) groups is 2. The van der Waals surface area contributed by atoms with Crippen molar-refractivity contribution in [2.45, 2.75) is 19.2 Å². The zero-order chi connectivity index (χ0) is 27.7. The van der Waals surface area contributed by atoms with Crippen molar-refractivity contribution in [3.05, 3.63) is 87.6 Å². The highest BCUT2D eigenvalue weighted by Crippen LogP contribution is 2.33. The van der Waals surface area contributed by atoms with E-state index in [4.69, 9.17) is 21.1 Å². The summed E-state index contributed by atoms with van der Waals surface area (Å²) in [7, 11) is 0. The normalized spacial score (nSPS) is 11.7. The minimum Gasteiger partial charge on any atom is -0.474 e. The highest BCUT2D eigenvalue weighted by atomic mass is 35.5. The second-order valence-corrected chi connectivity index (χ2v) is 8.03. The fourth-order valence-electron chi connectivity index (χ4n) is 3.00. The maximum absolute atomic E-state index is 12.9. The van der Waals surface area contributed by atoms with Gasteiger partial charge in [-0.1, -0.05) is 29.8 Å². The number of aromatic nitrogens is 4. The molecular weight excluding hydrogens is 531 g/mol. The molecular formula is C24H21ClF3N5O5. The highest BCUT2D eigenvalue weighted by Gasteiger charge is 2.31. The van der Waals surface area contributed by atoms with E-state index >= 15 is 0 Å². The molecule has 200 valence electrons. The van der Waals surface area contributed by atoms with Crippen LogP contribution in [0.2, 0.25) is 5.02 Å². The third-order valence-electron chi connectivity index (χ3n) is 4.78. The number of alkyl halides is 3. The number of hydrogen-bond acceptors (Lipinski definition) is 7. The van der Waals surface area contributed by atoms with Crippen LogP contribution >= 0.6 is 11.6 Å². The van der Waals surface area contributed by atoms with Crippen LogP contribution in [0.1, 0.15) is 24.2 Å². The first kappa shape index (κ1) is 28.2. The van der Waals surface area contributed by atoms with E-state index in [-0.39, 0.29) is 30.4 Å². The van der Waals surface area contributed by atoms with Gasteiger partial charge in [0.1, 0.15) is 17.7 Å². The highest BCUT2D eigenvalue weighted by molar-refractivity contribution is 6.30. The number of halogens is 4. The van der Waals surface area contributed by atoms with Crippen LogP contribution in [0.4, 0.5) is 13.2 Å². The minimum absolute atomic E-state index is 0.0952. The molecule has 3 N–H and O–H groups in total. The van der Waals surface area contributed by atoms with Crippen LogP contribution in [-0.4, -0.2) is 45.2 Å². The summed E-state index contributed by atoms with van der Waals surface area (Å²) >= 11 is 5.84. The number of amides is 1. The monoisotopic (exact) mass is 551 g/mol. The lowest BCUT2D eigenvalue weighted by Gasteiger charge is -2.19. The van der Waals surface area contributed by atoms with E-state index in [1.165, 1.54) is 55.8 Å². The number of H-pyrrole nitrogens is 2. The number of carbonyl (C=O) groups excluding carboxylic acids is 2. The van der Waals surface area contributed by atoms with Crippen LogP contribution in [0, 0.1) is 0 Å². The molecule has 10 nitrogen and oxygen atoms in total.